The van der Waals surface area contributed by atoms with Crippen molar-refractivity contribution in [1.29, 1.82) is 0 Å². The van der Waals surface area contributed by atoms with E-state index >= 15 is 0 Å². The Hall–Kier alpha value is -1.56. The Morgan fingerprint density at radius 2 is 1.68 bits per heavy atom. The molecule has 1 N–H and O–H groups in total. The Balaban J connectivity index is 0.00000113. The van der Waals surface area contributed by atoms with Crippen molar-refractivity contribution in [3.63, 3.8) is 0 Å². The first-order valence-electron chi connectivity index (χ1n) is 8.39. The average Bonchev–Trinajstić information content (AvgIpc) is 3.24. The summed E-state index contributed by atoms with van der Waals surface area (Å²) in [4.78, 5) is 18.8. The first-order chi connectivity index (χ1) is 11.3. The van der Waals surface area contributed by atoms with Gasteiger partial charge in [0.15, 0.2) is 0 Å². The fraction of sp³-hybridized carbons (Fsp3) is 0.444. The van der Waals surface area contributed by atoms with E-state index in [1.54, 1.807) is 12.5 Å². The molecule has 2 aromatic rings. The van der Waals surface area contributed by atoms with Crippen LogP contribution in [0.4, 0.5) is 0 Å². The largest absolute Gasteiger partial charge is 0.339 e. The minimum absolute atomic E-state index is 0. The highest BCUT2D eigenvalue weighted by Crippen LogP contribution is 2.27. The SMILES string of the molecule is Cl.Cl.O=C(c1ccc(-n2ccnc2)cc1)N1CC[C@@H]2CNC[C@@H]2CC1. The molecule has 25 heavy (non-hydrogen) atoms. The number of imidazole rings is 1. The zero-order chi connectivity index (χ0) is 15.6. The van der Waals surface area contributed by atoms with Crippen LogP contribution in [0.5, 0.6) is 0 Å². The number of nitrogens with zero attached hydrogens (tertiary/aromatic N) is 3. The maximum Gasteiger partial charge on any atom is 0.253 e. The van der Waals surface area contributed by atoms with Crippen molar-refractivity contribution in [1.82, 2.24) is 19.8 Å². The van der Waals surface area contributed by atoms with Crippen molar-refractivity contribution in [3.05, 3.63) is 48.5 Å². The van der Waals surface area contributed by atoms with Crippen LogP contribution in [0.25, 0.3) is 5.69 Å². The minimum atomic E-state index is 0. The normalized spacial score (nSPS) is 22.3. The van der Waals surface area contributed by atoms with Gasteiger partial charge < -0.3 is 14.8 Å². The summed E-state index contributed by atoms with van der Waals surface area (Å²) in [6.07, 6.45) is 7.66. The van der Waals surface area contributed by atoms with Gasteiger partial charge >= 0.3 is 0 Å². The summed E-state index contributed by atoms with van der Waals surface area (Å²) in [6, 6.07) is 7.80. The van der Waals surface area contributed by atoms with Gasteiger partial charge in [-0.05, 0) is 62.0 Å². The lowest BCUT2D eigenvalue weighted by Gasteiger charge is -2.21. The number of hydrogen-bond acceptors (Lipinski definition) is 3. The molecule has 0 bridgehead atoms. The zero-order valence-electron chi connectivity index (χ0n) is 14.0. The Bertz CT molecular complexity index is 661. The molecule has 1 aromatic carbocycles. The lowest BCUT2D eigenvalue weighted by molar-refractivity contribution is 0.0758. The summed E-state index contributed by atoms with van der Waals surface area (Å²) in [5.74, 6) is 1.66. The van der Waals surface area contributed by atoms with Crippen LogP contribution >= 0.6 is 24.8 Å². The molecule has 0 radical (unpaired) electrons. The van der Waals surface area contributed by atoms with Gasteiger partial charge in [0.2, 0.25) is 0 Å². The number of halogens is 2. The standard InChI is InChI=1S/C18H22N4O.2ClH/c23-18(21-8-5-15-11-20-12-16(15)6-9-21)14-1-3-17(4-2-14)22-10-7-19-13-22;;/h1-4,7,10,13,15-16,20H,5-6,8-9,11-12H2;2*1H/t15-,16+;;. The van der Waals surface area contributed by atoms with Crippen molar-refractivity contribution in [2.75, 3.05) is 26.2 Å². The smallest absolute Gasteiger partial charge is 0.253 e. The lowest BCUT2D eigenvalue weighted by Crippen LogP contribution is -2.32. The van der Waals surface area contributed by atoms with Gasteiger partial charge in [-0.2, -0.15) is 0 Å². The zero-order valence-corrected chi connectivity index (χ0v) is 15.6. The molecule has 2 saturated heterocycles. The van der Waals surface area contributed by atoms with E-state index in [0.717, 1.165) is 62.1 Å². The molecule has 2 atom stereocenters. The molecule has 1 amide bonds. The number of nitrogens with one attached hydrogen (secondary N) is 1. The molecule has 136 valence electrons. The summed E-state index contributed by atoms with van der Waals surface area (Å²) >= 11 is 0. The van der Waals surface area contributed by atoms with Gasteiger partial charge in [0, 0.05) is 36.7 Å². The molecule has 0 unspecified atom stereocenters. The molecule has 0 saturated carbocycles. The maximum atomic E-state index is 12.8. The second-order valence-electron chi connectivity index (χ2n) is 6.56. The van der Waals surface area contributed by atoms with Crippen LogP contribution < -0.4 is 5.32 Å². The number of hydrogen-bond donors (Lipinski definition) is 1. The highest BCUT2D eigenvalue weighted by Gasteiger charge is 2.31. The number of rotatable bonds is 2. The second kappa shape index (κ2) is 8.70. The van der Waals surface area contributed by atoms with Crippen LogP contribution in [0.15, 0.2) is 43.0 Å². The van der Waals surface area contributed by atoms with Gasteiger partial charge in [0.1, 0.15) is 0 Å². The number of carbonyl (C=O) groups excluding carboxylic acids is 1. The maximum absolute atomic E-state index is 12.8. The molecular weight excluding hydrogens is 359 g/mol. The summed E-state index contributed by atoms with van der Waals surface area (Å²) in [7, 11) is 0. The monoisotopic (exact) mass is 382 g/mol. The predicted molar refractivity (Wildman–Crippen MR) is 103 cm³/mol. The third-order valence-electron chi connectivity index (χ3n) is 5.22. The molecule has 2 aliphatic rings. The van der Waals surface area contributed by atoms with Crippen LogP contribution in [0, 0.1) is 11.8 Å². The van der Waals surface area contributed by atoms with Crippen molar-refractivity contribution in [2.45, 2.75) is 12.8 Å². The summed E-state index contributed by atoms with van der Waals surface area (Å²) in [6.45, 7) is 3.99. The van der Waals surface area contributed by atoms with E-state index in [2.05, 4.69) is 10.3 Å². The summed E-state index contributed by atoms with van der Waals surface area (Å²) < 4.78 is 1.94. The van der Waals surface area contributed by atoms with E-state index in [1.807, 2.05) is 39.9 Å². The minimum Gasteiger partial charge on any atom is -0.339 e. The molecule has 1 aromatic heterocycles. The number of fused-ring (bicyclic) bond motifs is 1. The van der Waals surface area contributed by atoms with Crippen LogP contribution in [0.1, 0.15) is 23.2 Å². The van der Waals surface area contributed by atoms with Gasteiger partial charge in [0.25, 0.3) is 5.91 Å². The molecule has 3 heterocycles. The Kier molecular flexibility index (Phi) is 6.87. The molecule has 7 heteroatoms. The van der Waals surface area contributed by atoms with Crippen LogP contribution in [0.3, 0.4) is 0 Å². The number of likely N-dealkylation sites (tertiary alicyclic amines) is 1. The topological polar surface area (TPSA) is 50.2 Å². The summed E-state index contributed by atoms with van der Waals surface area (Å²) in [5.41, 5.74) is 1.80. The third kappa shape index (κ3) is 4.17. The highest BCUT2D eigenvalue weighted by molar-refractivity contribution is 5.94. The first kappa shape index (κ1) is 19.8. The Morgan fingerprint density at radius 3 is 2.24 bits per heavy atom. The lowest BCUT2D eigenvalue weighted by atomic mass is 9.92. The average molecular weight is 383 g/mol. The van der Waals surface area contributed by atoms with E-state index in [1.165, 1.54) is 0 Å². The van der Waals surface area contributed by atoms with Gasteiger partial charge in [0.05, 0.1) is 6.33 Å². The van der Waals surface area contributed by atoms with Crippen LogP contribution in [-0.2, 0) is 0 Å². The van der Waals surface area contributed by atoms with Gasteiger partial charge in [-0.15, -0.1) is 24.8 Å². The highest BCUT2D eigenvalue weighted by atomic mass is 35.5. The second-order valence-corrected chi connectivity index (χ2v) is 6.56. The fourth-order valence-electron chi connectivity index (χ4n) is 3.79. The van der Waals surface area contributed by atoms with E-state index in [0.29, 0.717) is 0 Å². The predicted octanol–water partition coefficient (Wildman–Crippen LogP) is 2.79. The number of aromatic nitrogens is 2. The number of amides is 1. The summed E-state index contributed by atoms with van der Waals surface area (Å²) in [5, 5.41) is 3.48. The van der Waals surface area contributed by atoms with Crippen molar-refractivity contribution >= 4 is 30.7 Å². The van der Waals surface area contributed by atoms with Crippen molar-refractivity contribution < 1.29 is 4.79 Å². The van der Waals surface area contributed by atoms with Gasteiger partial charge in [-0.3, -0.25) is 4.79 Å². The molecule has 4 rings (SSSR count). The molecule has 0 aliphatic carbocycles. The molecular formula is C18H24Cl2N4O. The van der Waals surface area contributed by atoms with Crippen molar-refractivity contribution in [2.24, 2.45) is 11.8 Å². The van der Waals surface area contributed by atoms with Crippen molar-refractivity contribution in [3.8, 4) is 5.69 Å². The van der Waals surface area contributed by atoms with Gasteiger partial charge in [-0.25, -0.2) is 4.98 Å². The van der Waals surface area contributed by atoms with Crippen LogP contribution in [0.2, 0.25) is 0 Å². The van der Waals surface area contributed by atoms with Gasteiger partial charge in [-0.1, -0.05) is 0 Å². The van der Waals surface area contributed by atoms with E-state index in [-0.39, 0.29) is 30.7 Å². The quantitative estimate of drug-likeness (QED) is 0.868. The van der Waals surface area contributed by atoms with E-state index < -0.39 is 0 Å². The van der Waals surface area contributed by atoms with E-state index in [9.17, 15) is 4.79 Å². The molecule has 2 fully saturated rings. The Labute approximate surface area is 160 Å². The first-order valence-corrected chi connectivity index (χ1v) is 8.39. The number of carbonyl (C=O) groups is 1. The third-order valence-corrected chi connectivity index (χ3v) is 5.22. The fourth-order valence-corrected chi connectivity index (χ4v) is 3.79. The van der Waals surface area contributed by atoms with Crippen LogP contribution in [-0.4, -0.2) is 46.5 Å². The molecule has 2 aliphatic heterocycles. The van der Waals surface area contributed by atoms with E-state index in [4.69, 9.17) is 0 Å². The molecule has 5 nitrogen and oxygen atoms in total. The Morgan fingerprint density at radius 1 is 1.04 bits per heavy atom. The number of benzene rings is 1. The molecule has 0 spiro atoms.